The predicted molar refractivity (Wildman–Crippen MR) is 109 cm³/mol. The van der Waals surface area contributed by atoms with Crippen molar-refractivity contribution < 1.29 is 19.1 Å². The molecule has 1 aliphatic heterocycles. The van der Waals surface area contributed by atoms with Crippen molar-refractivity contribution in [2.24, 2.45) is 5.73 Å². The number of benzene rings is 1. The molecule has 1 aliphatic rings. The third-order valence-electron chi connectivity index (χ3n) is 4.56. The van der Waals surface area contributed by atoms with Crippen molar-refractivity contribution in [3.8, 4) is 0 Å². The van der Waals surface area contributed by atoms with Gasteiger partial charge in [0, 0.05) is 12.1 Å². The number of ether oxygens (including phenoxy) is 1. The first-order valence-corrected chi connectivity index (χ1v) is 9.56. The lowest BCUT2D eigenvalue weighted by Gasteiger charge is -2.46. The smallest absolute Gasteiger partial charge is 0.413 e. The highest BCUT2D eigenvalue weighted by Crippen LogP contribution is 2.32. The Labute approximate surface area is 171 Å². The van der Waals surface area contributed by atoms with Gasteiger partial charge in [0.25, 0.3) is 0 Å². The first-order valence-electron chi connectivity index (χ1n) is 9.56. The molecule has 0 saturated carbocycles. The van der Waals surface area contributed by atoms with E-state index in [2.05, 4.69) is 5.32 Å². The standard InChI is InChI=1S/C21H29N4O4/c1-14(22)17(27)25-13-9-8-12-21(25,16(26)15-10-6-5-7-11-15)18(23)24-19(28)29-20(2,3)4/h5-8,10-11,14H,9,12-13,22H2,1-4H3,(H2,23,24,28)/t14-,21?/m0/s1. The molecule has 0 aromatic heterocycles. The molecule has 0 bridgehead atoms. The van der Waals surface area contributed by atoms with Crippen LogP contribution in [0.25, 0.3) is 0 Å². The molecular formula is C21H29N4O4. The molecule has 1 unspecified atom stereocenters. The van der Waals surface area contributed by atoms with Crippen LogP contribution >= 0.6 is 0 Å². The molecular weight excluding hydrogens is 372 g/mol. The van der Waals surface area contributed by atoms with Crippen molar-refractivity contribution in [3.63, 3.8) is 0 Å². The summed E-state index contributed by atoms with van der Waals surface area (Å²) in [7, 11) is 0. The van der Waals surface area contributed by atoms with Crippen LogP contribution in [0.2, 0.25) is 0 Å². The molecule has 1 saturated heterocycles. The van der Waals surface area contributed by atoms with E-state index in [-0.39, 0.29) is 13.0 Å². The summed E-state index contributed by atoms with van der Waals surface area (Å²) in [6, 6.07) is 7.56. The highest BCUT2D eigenvalue weighted by atomic mass is 16.6. The Hall–Kier alpha value is -2.74. The van der Waals surface area contributed by atoms with E-state index in [0.29, 0.717) is 12.0 Å². The summed E-state index contributed by atoms with van der Waals surface area (Å²) in [6.45, 7) is 6.84. The molecule has 8 nitrogen and oxygen atoms in total. The number of carbonyl (C=O) groups excluding carboxylic acids is 3. The zero-order valence-corrected chi connectivity index (χ0v) is 17.3. The minimum absolute atomic E-state index is 0.0911. The minimum Gasteiger partial charge on any atom is -0.444 e. The molecule has 8 heteroatoms. The second-order valence-electron chi connectivity index (χ2n) is 8.12. The van der Waals surface area contributed by atoms with Crippen molar-refractivity contribution in [3.05, 3.63) is 42.3 Å². The number of alkyl carbamates (subject to hydrolysis) is 1. The monoisotopic (exact) mass is 401 g/mol. The zero-order chi connectivity index (χ0) is 21.8. The number of ketones is 1. The SMILES string of the molecule is C[C@H](N)C(=O)N1CC[CH]CC1(C(=N)NC(=O)OC(C)(C)C)C(=O)c1ccccc1. The van der Waals surface area contributed by atoms with E-state index in [4.69, 9.17) is 15.9 Å². The van der Waals surface area contributed by atoms with Crippen LogP contribution in [-0.4, -0.2) is 52.2 Å². The summed E-state index contributed by atoms with van der Waals surface area (Å²) in [5.41, 5.74) is 3.68. The van der Waals surface area contributed by atoms with E-state index in [1.54, 1.807) is 51.1 Å². The second kappa shape index (κ2) is 8.73. The third kappa shape index (κ3) is 5.00. The number of hydrogen-bond acceptors (Lipinski definition) is 6. The Balaban J connectivity index is 2.49. The van der Waals surface area contributed by atoms with Gasteiger partial charge in [-0.1, -0.05) is 30.3 Å². The Morgan fingerprint density at radius 3 is 2.41 bits per heavy atom. The van der Waals surface area contributed by atoms with E-state index in [1.807, 2.05) is 6.42 Å². The minimum atomic E-state index is -1.69. The average molecular weight is 401 g/mol. The number of carbonyl (C=O) groups is 3. The van der Waals surface area contributed by atoms with Gasteiger partial charge in [0.2, 0.25) is 5.91 Å². The number of hydrogen-bond donors (Lipinski definition) is 3. The highest BCUT2D eigenvalue weighted by Gasteiger charge is 2.52. The van der Waals surface area contributed by atoms with E-state index >= 15 is 0 Å². The van der Waals surface area contributed by atoms with Crippen LogP contribution in [0.15, 0.2) is 30.3 Å². The quantitative estimate of drug-likeness (QED) is 0.405. The largest absolute Gasteiger partial charge is 0.444 e. The normalized spacial score (nSPS) is 20.5. The molecule has 1 aromatic rings. The Bertz CT molecular complexity index is 786. The molecule has 4 N–H and O–H groups in total. The number of Topliss-reactive ketones (excluding diaryl/α,β-unsaturated/α-hetero) is 1. The van der Waals surface area contributed by atoms with Gasteiger partial charge in [-0.05, 0) is 47.0 Å². The summed E-state index contributed by atoms with van der Waals surface area (Å²) in [5, 5.41) is 11.0. The molecule has 1 aromatic carbocycles. The molecule has 157 valence electrons. The summed E-state index contributed by atoms with van der Waals surface area (Å²) >= 11 is 0. The van der Waals surface area contributed by atoms with Crippen molar-refractivity contribution >= 4 is 23.6 Å². The van der Waals surface area contributed by atoms with Crippen LogP contribution in [-0.2, 0) is 9.53 Å². The van der Waals surface area contributed by atoms with Gasteiger partial charge in [0.15, 0.2) is 11.3 Å². The fourth-order valence-electron chi connectivity index (χ4n) is 3.28. The molecule has 1 heterocycles. The lowest BCUT2D eigenvalue weighted by atomic mass is 9.78. The lowest BCUT2D eigenvalue weighted by molar-refractivity contribution is -0.136. The maximum atomic E-state index is 13.6. The lowest BCUT2D eigenvalue weighted by Crippen LogP contribution is -2.69. The van der Waals surface area contributed by atoms with Crippen LogP contribution in [0.4, 0.5) is 4.79 Å². The topological polar surface area (TPSA) is 126 Å². The second-order valence-corrected chi connectivity index (χ2v) is 8.12. The number of piperidine rings is 1. The number of nitrogens with zero attached hydrogens (tertiary/aromatic N) is 1. The van der Waals surface area contributed by atoms with Crippen molar-refractivity contribution in [2.45, 2.75) is 57.7 Å². The maximum Gasteiger partial charge on any atom is 0.413 e. The molecule has 2 amide bonds. The predicted octanol–water partition coefficient (Wildman–Crippen LogP) is 2.28. The molecule has 29 heavy (non-hydrogen) atoms. The summed E-state index contributed by atoms with van der Waals surface area (Å²) in [6.07, 6.45) is 1.63. The zero-order valence-electron chi connectivity index (χ0n) is 17.3. The Kier molecular flexibility index (Phi) is 6.79. The van der Waals surface area contributed by atoms with E-state index in [0.717, 1.165) is 0 Å². The number of nitrogens with one attached hydrogen (secondary N) is 2. The molecule has 2 atom stereocenters. The van der Waals surface area contributed by atoms with Crippen molar-refractivity contribution in [1.29, 1.82) is 5.41 Å². The van der Waals surface area contributed by atoms with Gasteiger partial charge < -0.3 is 15.4 Å². The van der Waals surface area contributed by atoms with E-state index in [9.17, 15) is 14.4 Å². The number of amides is 2. The average Bonchev–Trinajstić information content (AvgIpc) is 2.65. The van der Waals surface area contributed by atoms with E-state index in [1.165, 1.54) is 11.8 Å². The summed E-state index contributed by atoms with van der Waals surface area (Å²) in [4.78, 5) is 40.1. The number of rotatable bonds is 4. The number of nitrogens with two attached hydrogens (primary N) is 1. The molecule has 0 spiro atoms. The van der Waals surface area contributed by atoms with Gasteiger partial charge >= 0.3 is 6.09 Å². The third-order valence-corrected chi connectivity index (χ3v) is 4.56. The molecule has 1 radical (unpaired) electrons. The van der Waals surface area contributed by atoms with Crippen LogP contribution in [0.3, 0.4) is 0 Å². The molecule has 2 rings (SSSR count). The first-order chi connectivity index (χ1) is 13.5. The van der Waals surface area contributed by atoms with Crippen molar-refractivity contribution in [1.82, 2.24) is 10.2 Å². The van der Waals surface area contributed by atoms with Crippen LogP contribution in [0.1, 0.15) is 50.9 Å². The van der Waals surface area contributed by atoms with E-state index < -0.39 is 40.8 Å². The molecule has 0 aliphatic carbocycles. The van der Waals surface area contributed by atoms with Gasteiger partial charge in [-0.15, -0.1) is 0 Å². The first kappa shape index (κ1) is 22.5. The van der Waals surface area contributed by atoms with Gasteiger partial charge in [-0.25, -0.2) is 4.79 Å². The van der Waals surface area contributed by atoms with Crippen LogP contribution in [0, 0.1) is 11.8 Å². The number of amidine groups is 1. The van der Waals surface area contributed by atoms with Crippen LogP contribution in [0.5, 0.6) is 0 Å². The van der Waals surface area contributed by atoms with Gasteiger partial charge in [0.05, 0.1) is 6.04 Å². The fourth-order valence-corrected chi connectivity index (χ4v) is 3.28. The fraction of sp³-hybridized carbons (Fsp3) is 0.476. The molecule has 1 fully saturated rings. The Morgan fingerprint density at radius 2 is 1.86 bits per heavy atom. The van der Waals surface area contributed by atoms with Gasteiger partial charge in [0.1, 0.15) is 11.4 Å². The highest BCUT2D eigenvalue weighted by molar-refractivity contribution is 6.22. The summed E-state index contributed by atoms with van der Waals surface area (Å²) in [5.74, 6) is -1.33. The maximum absolute atomic E-state index is 13.6. The van der Waals surface area contributed by atoms with Gasteiger partial charge in [-0.3, -0.25) is 20.3 Å². The summed E-state index contributed by atoms with van der Waals surface area (Å²) < 4.78 is 5.23. The van der Waals surface area contributed by atoms with Gasteiger partial charge in [-0.2, -0.15) is 0 Å². The van der Waals surface area contributed by atoms with Crippen molar-refractivity contribution in [2.75, 3.05) is 6.54 Å². The Morgan fingerprint density at radius 1 is 1.24 bits per heavy atom. The number of likely N-dealkylation sites (tertiary alicyclic amines) is 1. The van der Waals surface area contributed by atoms with Crippen LogP contribution < -0.4 is 11.1 Å².